The predicted octanol–water partition coefficient (Wildman–Crippen LogP) is 2.97. The molecule has 5 nitrogen and oxygen atoms in total. The summed E-state index contributed by atoms with van der Waals surface area (Å²) in [6.07, 6.45) is 1.32. The highest BCUT2D eigenvalue weighted by Crippen LogP contribution is 2.22. The van der Waals surface area contributed by atoms with Gasteiger partial charge in [0.05, 0.1) is 0 Å². The van der Waals surface area contributed by atoms with Crippen LogP contribution < -0.4 is 10.1 Å². The normalized spacial score (nSPS) is 11.0. The molecule has 0 radical (unpaired) electrons. The standard InChI is InChI=1S/C18H16FNO4/c1-12(21)20-16(18(22)23)10-14-4-2-3-5-17(14)24-11-13-6-8-15(19)9-7-13/h2-10H,11H2,1H3,(H,20,21)(H,22,23)/b16-10+. The molecule has 1 amide bonds. The second kappa shape index (κ2) is 7.92. The Bertz CT molecular complexity index is 769. The highest BCUT2D eigenvalue weighted by molar-refractivity contribution is 5.96. The van der Waals surface area contributed by atoms with Crippen molar-refractivity contribution >= 4 is 18.0 Å². The number of amides is 1. The zero-order valence-electron chi connectivity index (χ0n) is 13.0. The Kier molecular flexibility index (Phi) is 5.68. The first kappa shape index (κ1) is 17.2. The molecule has 6 heteroatoms. The first-order chi connectivity index (χ1) is 11.5. The van der Waals surface area contributed by atoms with E-state index >= 15 is 0 Å². The van der Waals surface area contributed by atoms with E-state index in [9.17, 15) is 14.0 Å². The van der Waals surface area contributed by atoms with Crippen LogP contribution in [0.3, 0.4) is 0 Å². The average Bonchev–Trinajstić information content (AvgIpc) is 2.54. The van der Waals surface area contributed by atoms with Crippen LogP contribution in [-0.2, 0) is 16.2 Å². The lowest BCUT2D eigenvalue weighted by atomic mass is 10.1. The number of rotatable bonds is 6. The third-order valence-electron chi connectivity index (χ3n) is 3.07. The number of hydrogen-bond donors (Lipinski definition) is 2. The van der Waals surface area contributed by atoms with Crippen LogP contribution in [0.5, 0.6) is 5.75 Å². The zero-order valence-corrected chi connectivity index (χ0v) is 13.0. The van der Waals surface area contributed by atoms with Gasteiger partial charge < -0.3 is 15.2 Å². The lowest BCUT2D eigenvalue weighted by molar-refractivity contribution is -0.134. The molecule has 0 heterocycles. The average molecular weight is 329 g/mol. The Morgan fingerprint density at radius 3 is 2.46 bits per heavy atom. The van der Waals surface area contributed by atoms with E-state index in [0.29, 0.717) is 11.3 Å². The molecule has 0 unspecified atom stereocenters. The fourth-order valence-corrected chi connectivity index (χ4v) is 1.97. The molecule has 0 saturated carbocycles. The summed E-state index contributed by atoms with van der Waals surface area (Å²) in [6.45, 7) is 1.43. The summed E-state index contributed by atoms with van der Waals surface area (Å²) >= 11 is 0. The van der Waals surface area contributed by atoms with Gasteiger partial charge in [0.15, 0.2) is 0 Å². The molecule has 2 N–H and O–H groups in total. The van der Waals surface area contributed by atoms with Crippen molar-refractivity contribution in [3.63, 3.8) is 0 Å². The number of para-hydroxylation sites is 1. The van der Waals surface area contributed by atoms with Crippen molar-refractivity contribution in [2.75, 3.05) is 0 Å². The van der Waals surface area contributed by atoms with Gasteiger partial charge in [0.1, 0.15) is 23.9 Å². The highest BCUT2D eigenvalue weighted by Gasteiger charge is 2.11. The molecule has 0 spiro atoms. The summed E-state index contributed by atoms with van der Waals surface area (Å²) in [5.41, 5.74) is 1.03. The van der Waals surface area contributed by atoms with Crippen molar-refractivity contribution in [2.24, 2.45) is 0 Å². The first-order valence-corrected chi connectivity index (χ1v) is 7.14. The lowest BCUT2D eigenvalue weighted by Crippen LogP contribution is -2.24. The molecule has 2 aromatic rings. The van der Waals surface area contributed by atoms with Crippen molar-refractivity contribution in [3.05, 3.63) is 71.2 Å². The van der Waals surface area contributed by atoms with E-state index in [1.54, 1.807) is 36.4 Å². The second-order valence-corrected chi connectivity index (χ2v) is 5.00. The number of nitrogens with one attached hydrogen (secondary N) is 1. The molecule has 24 heavy (non-hydrogen) atoms. The minimum absolute atomic E-state index is 0.202. The maximum Gasteiger partial charge on any atom is 0.352 e. The van der Waals surface area contributed by atoms with Crippen molar-refractivity contribution in [2.45, 2.75) is 13.5 Å². The molecule has 0 aliphatic carbocycles. The summed E-state index contributed by atoms with van der Waals surface area (Å²) in [4.78, 5) is 22.3. The fourth-order valence-electron chi connectivity index (χ4n) is 1.97. The van der Waals surface area contributed by atoms with Gasteiger partial charge >= 0.3 is 5.97 Å². The van der Waals surface area contributed by atoms with E-state index in [4.69, 9.17) is 9.84 Å². The van der Waals surface area contributed by atoms with E-state index in [0.717, 1.165) is 5.56 Å². The Morgan fingerprint density at radius 2 is 1.83 bits per heavy atom. The molecule has 0 fully saturated rings. The minimum Gasteiger partial charge on any atom is -0.488 e. The van der Waals surface area contributed by atoms with Crippen molar-refractivity contribution in [3.8, 4) is 5.75 Å². The molecule has 0 bridgehead atoms. The SMILES string of the molecule is CC(=O)N/C(=C/c1ccccc1OCc1ccc(F)cc1)C(=O)O. The number of ether oxygens (including phenoxy) is 1. The lowest BCUT2D eigenvalue weighted by Gasteiger charge is -2.10. The summed E-state index contributed by atoms with van der Waals surface area (Å²) in [5, 5.41) is 11.4. The van der Waals surface area contributed by atoms with Gasteiger partial charge in [0.2, 0.25) is 5.91 Å². The van der Waals surface area contributed by atoms with Gasteiger partial charge in [-0.05, 0) is 29.8 Å². The van der Waals surface area contributed by atoms with E-state index in [-0.39, 0.29) is 18.1 Å². The van der Waals surface area contributed by atoms with Crippen molar-refractivity contribution < 1.29 is 23.8 Å². The predicted molar refractivity (Wildman–Crippen MR) is 86.6 cm³/mol. The Hall–Kier alpha value is -3.15. The van der Waals surface area contributed by atoms with Crippen LogP contribution in [0.4, 0.5) is 4.39 Å². The van der Waals surface area contributed by atoms with Gasteiger partial charge in [-0.3, -0.25) is 4.79 Å². The van der Waals surface area contributed by atoms with Crippen LogP contribution >= 0.6 is 0 Å². The Labute approximate surface area is 138 Å². The van der Waals surface area contributed by atoms with Crippen molar-refractivity contribution in [1.29, 1.82) is 0 Å². The first-order valence-electron chi connectivity index (χ1n) is 7.14. The highest BCUT2D eigenvalue weighted by atomic mass is 19.1. The number of carbonyl (C=O) groups is 2. The van der Waals surface area contributed by atoms with Gasteiger partial charge in [0.25, 0.3) is 0 Å². The molecular weight excluding hydrogens is 313 g/mol. The quantitative estimate of drug-likeness (QED) is 0.799. The molecule has 2 rings (SSSR count). The molecule has 0 aliphatic rings. The van der Waals surface area contributed by atoms with E-state index in [1.165, 1.54) is 25.1 Å². The smallest absolute Gasteiger partial charge is 0.352 e. The Balaban J connectivity index is 2.21. The topological polar surface area (TPSA) is 75.6 Å². The summed E-state index contributed by atoms with van der Waals surface area (Å²) in [6, 6.07) is 12.7. The summed E-state index contributed by atoms with van der Waals surface area (Å²) in [7, 11) is 0. The zero-order chi connectivity index (χ0) is 17.5. The van der Waals surface area contributed by atoms with Crippen LogP contribution in [0, 0.1) is 5.82 Å². The van der Waals surface area contributed by atoms with E-state index in [2.05, 4.69) is 5.32 Å². The second-order valence-electron chi connectivity index (χ2n) is 5.00. The van der Waals surface area contributed by atoms with Crippen LogP contribution in [-0.4, -0.2) is 17.0 Å². The maximum atomic E-state index is 12.9. The van der Waals surface area contributed by atoms with E-state index < -0.39 is 11.9 Å². The monoisotopic (exact) mass is 329 g/mol. The number of halogens is 1. The molecular formula is C18H16FNO4. The molecule has 0 atom stereocenters. The molecule has 124 valence electrons. The number of carboxylic acid groups (broad SMARTS) is 1. The fraction of sp³-hybridized carbons (Fsp3) is 0.111. The summed E-state index contributed by atoms with van der Waals surface area (Å²) in [5.74, 6) is -1.61. The third kappa shape index (κ3) is 4.95. The largest absolute Gasteiger partial charge is 0.488 e. The molecule has 2 aromatic carbocycles. The number of carbonyl (C=O) groups excluding carboxylic acids is 1. The Morgan fingerprint density at radius 1 is 1.17 bits per heavy atom. The third-order valence-corrected chi connectivity index (χ3v) is 3.07. The van der Waals surface area contributed by atoms with Crippen molar-refractivity contribution in [1.82, 2.24) is 5.32 Å². The molecule has 0 saturated heterocycles. The molecule has 0 aromatic heterocycles. The number of benzene rings is 2. The number of aliphatic carboxylic acids is 1. The van der Waals surface area contributed by atoms with Gasteiger partial charge in [-0.2, -0.15) is 0 Å². The van der Waals surface area contributed by atoms with Crippen LogP contribution in [0.1, 0.15) is 18.1 Å². The van der Waals surface area contributed by atoms with Gasteiger partial charge in [0, 0.05) is 12.5 Å². The number of carboxylic acids is 1. The van der Waals surface area contributed by atoms with Crippen LogP contribution in [0.2, 0.25) is 0 Å². The maximum absolute atomic E-state index is 12.9. The van der Waals surface area contributed by atoms with Crippen LogP contribution in [0.25, 0.3) is 6.08 Å². The van der Waals surface area contributed by atoms with Crippen LogP contribution in [0.15, 0.2) is 54.2 Å². The summed E-state index contributed by atoms with van der Waals surface area (Å²) < 4.78 is 18.6. The molecule has 0 aliphatic heterocycles. The number of hydrogen-bond acceptors (Lipinski definition) is 3. The van der Waals surface area contributed by atoms with E-state index in [1.807, 2.05) is 0 Å². The van der Waals surface area contributed by atoms with Gasteiger partial charge in [-0.25, -0.2) is 9.18 Å². The van der Waals surface area contributed by atoms with Gasteiger partial charge in [-0.1, -0.05) is 30.3 Å². The minimum atomic E-state index is -1.25. The van der Waals surface area contributed by atoms with Gasteiger partial charge in [-0.15, -0.1) is 0 Å².